The molecule has 0 radical (unpaired) electrons. The van der Waals surface area contributed by atoms with E-state index < -0.39 is 0 Å². The second-order valence-electron chi connectivity index (χ2n) is 4.93. The van der Waals surface area contributed by atoms with E-state index in [1.54, 1.807) is 0 Å². The van der Waals surface area contributed by atoms with E-state index in [1.165, 1.54) is 0 Å². The number of aromatic nitrogens is 1. The quantitative estimate of drug-likeness (QED) is 0.663. The second-order valence-corrected chi connectivity index (χ2v) is 5.37. The Morgan fingerprint density at radius 3 is 2.23 bits per heavy atom. The Kier molecular flexibility index (Phi) is 6.84. The molecule has 0 spiro atoms. The van der Waals surface area contributed by atoms with Crippen molar-refractivity contribution in [1.29, 1.82) is 0 Å². The molecule has 2 rings (SSSR count). The van der Waals surface area contributed by atoms with Crippen molar-refractivity contribution in [3.05, 3.63) is 64.9 Å². The van der Waals surface area contributed by atoms with Crippen molar-refractivity contribution in [1.82, 2.24) is 4.98 Å². The summed E-state index contributed by atoms with van der Waals surface area (Å²) >= 11 is 6.00. The molecule has 1 heterocycles. The molecular formula is C18H22ClNO2. The number of rotatable bonds is 8. The highest BCUT2D eigenvalue weighted by atomic mass is 35.5. The predicted octanol–water partition coefficient (Wildman–Crippen LogP) is 4.66. The van der Waals surface area contributed by atoms with Crippen LogP contribution in [0.25, 0.3) is 0 Å². The van der Waals surface area contributed by atoms with E-state index in [2.05, 4.69) is 4.98 Å². The third-order valence-corrected chi connectivity index (χ3v) is 3.70. The van der Waals surface area contributed by atoms with E-state index in [4.69, 9.17) is 21.1 Å². The van der Waals surface area contributed by atoms with Crippen molar-refractivity contribution in [3.8, 4) is 0 Å². The fourth-order valence-corrected chi connectivity index (χ4v) is 2.58. The van der Waals surface area contributed by atoms with E-state index in [0.29, 0.717) is 13.2 Å². The van der Waals surface area contributed by atoms with Gasteiger partial charge in [-0.25, -0.2) is 0 Å². The lowest BCUT2D eigenvalue weighted by Gasteiger charge is -2.23. The molecule has 0 saturated carbocycles. The number of hydrogen-bond acceptors (Lipinski definition) is 3. The molecule has 4 heteroatoms. The maximum absolute atomic E-state index is 6.00. The number of nitrogens with zero attached hydrogens (tertiary/aromatic N) is 1. The fourth-order valence-electron chi connectivity index (χ4n) is 2.45. The zero-order valence-corrected chi connectivity index (χ0v) is 13.8. The van der Waals surface area contributed by atoms with Gasteiger partial charge in [-0.15, -0.1) is 0 Å². The average Bonchev–Trinajstić information content (AvgIpc) is 2.55. The Labute approximate surface area is 137 Å². The van der Waals surface area contributed by atoms with Crippen LogP contribution in [-0.4, -0.2) is 24.5 Å². The summed E-state index contributed by atoms with van der Waals surface area (Å²) < 4.78 is 11.4. The molecule has 1 atom stereocenters. The molecule has 0 fully saturated rings. The molecule has 118 valence electrons. The van der Waals surface area contributed by atoms with E-state index >= 15 is 0 Å². The third-order valence-electron chi connectivity index (χ3n) is 3.45. The summed E-state index contributed by atoms with van der Waals surface area (Å²) in [5.74, 6) is 0.113. The van der Waals surface area contributed by atoms with Crippen LogP contribution >= 0.6 is 11.6 Å². The molecule has 1 unspecified atom stereocenters. The van der Waals surface area contributed by atoms with Crippen LogP contribution < -0.4 is 0 Å². The van der Waals surface area contributed by atoms with Gasteiger partial charge in [-0.3, -0.25) is 4.98 Å². The van der Waals surface area contributed by atoms with Gasteiger partial charge in [-0.1, -0.05) is 29.8 Å². The highest BCUT2D eigenvalue weighted by Gasteiger charge is 2.21. The lowest BCUT2D eigenvalue weighted by atomic mass is 9.91. The Morgan fingerprint density at radius 2 is 1.68 bits per heavy atom. The van der Waals surface area contributed by atoms with Crippen LogP contribution in [0.4, 0.5) is 0 Å². The van der Waals surface area contributed by atoms with Crippen molar-refractivity contribution in [3.63, 3.8) is 0 Å². The lowest BCUT2D eigenvalue weighted by Crippen LogP contribution is -2.21. The van der Waals surface area contributed by atoms with Gasteiger partial charge in [0.05, 0.1) is 0 Å². The Bertz CT molecular complexity index is 539. The molecule has 0 aliphatic carbocycles. The van der Waals surface area contributed by atoms with Gasteiger partial charge in [0.1, 0.15) is 0 Å². The molecular weight excluding hydrogens is 298 g/mol. The standard InChI is InChI=1S/C18H22ClNO2/c1-3-21-18(22-4-2)13-16(17-7-5-6-12-20-17)14-8-10-15(19)11-9-14/h5-12,16,18H,3-4,13H2,1-2H3. The van der Waals surface area contributed by atoms with Crippen LogP contribution in [0, 0.1) is 0 Å². The molecule has 3 nitrogen and oxygen atoms in total. The number of pyridine rings is 1. The first-order valence-electron chi connectivity index (χ1n) is 7.64. The highest BCUT2D eigenvalue weighted by Crippen LogP contribution is 2.30. The molecule has 0 aliphatic heterocycles. The topological polar surface area (TPSA) is 31.4 Å². The highest BCUT2D eigenvalue weighted by molar-refractivity contribution is 6.30. The van der Waals surface area contributed by atoms with Crippen molar-refractivity contribution < 1.29 is 9.47 Å². The van der Waals surface area contributed by atoms with Gasteiger partial charge < -0.3 is 9.47 Å². The second kappa shape index (κ2) is 8.89. The number of hydrogen-bond donors (Lipinski definition) is 0. The summed E-state index contributed by atoms with van der Waals surface area (Å²) in [6.07, 6.45) is 2.30. The summed E-state index contributed by atoms with van der Waals surface area (Å²) in [4.78, 5) is 4.51. The summed E-state index contributed by atoms with van der Waals surface area (Å²) in [5, 5.41) is 0.731. The molecule has 0 bridgehead atoms. The van der Waals surface area contributed by atoms with Gasteiger partial charge in [0, 0.05) is 42.5 Å². The van der Waals surface area contributed by atoms with Gasteiger partial charge in [0.25, 0.3) is 0 Å². The van der Waals surface area contributed by atoms with Crippen LogP contribution in [0.15, 0.2) is 48.7 Å². The number of benzene rings is 1. The van der Waals surface area contributed by atoms with Crippen molar-refractivity contribution in [2.75, 3.05) is 13.2 Å². The minimum atomic E-state index is -0.238. The molecule has 1 aromatic heterocycles. The van der Waals surface area contributed by atoms with Crippen LogP contribution in [0.5, 0.6) is 0 Å². The van der Waals surface area contributed by atoms with E-state index in [-0.39, 0.29) is 12.2 Å². The first-order valence-corrected chi connectivity index (χ1v) is 8.02. The normalized spacial score (nSPS) is 12.5. The third kappa shape index (κ3) is 4.80. The fraction of sp³-hybridized carbons (Fsp3) is 0.389. The van der Waals surface area contributed by atoms with Gasteiger partial charge in [0.15, 0.2) is 6.29 Å². The van der Waals surface area contributed by atoms with E-state index in [9.17, 15) is 0 Å². The lowest BCUT2D eigenvalue weighted by molar-refractivity contribution is -0.141. The maximum Gasteiger partial charge on any atom is 0.158 e. The molecule has 0 saturated heterocycles. The smallest absolute Gasteiger partial charge is 0.158 e. The SMILES string of the molecule is CCOC(CC(c1ccc(Cl)cc1)c1ccccn1)OCC. The van der Waals surface area contributed by atoms with Crippen molar-refractivity contribution >= 4 is 11.6 Å². The zero-order chi connectivity index (χ0) is 15.8. The van der Waals surface area contributed by atoms with E-state index in [1.807, 2.05) is 62.5 Å². The Hall–Kier alpha value is -1.42. The van der Waals surface area contributed by atoms with Crippen LogP contribution in [0.3, 0.4) is 0 Å². The summed E-state index contributed by atoms with van der Waals surface area (Å²) in [7, 11) is 0. The molecule has 2 aromatic rings. The van der Waals surface area contributed by atoms with Crippen LogP contribution in [-0.2, 0) is 9.47 Å². The van der Waals surface area contributed by atoms with Crippen LogP contribution in [0.2, 0.25) is 5.02 Å². The largest absolute Gasteiger partial charge is 0.353 e. The first kappa shape index (κ1) is 16.9. The molecule has 0 amide bonds. The van der Waals surface area contributed by atoms with Crippen molar-refractivity contribution in [2.45, 2.75) is 32.5 Å². The Morgan fingerprint density at radius 1 is 1.00 bits per heavy atom. The van der Waals surface area contributed by atoms with Gasteiger partial charge in [-0.2, -0.15) is 0 Å². The molecule has 0 aliphatic rings. The molecule has 1 aromatic carbocycles. The number of halogens is 1. The van der Waals surface area contributed by atoms with Crippen LogP contribution in [0.1, 0.15) is 37.4 Å². The summed E-state index contributed by atoms with van der Waals surface area (Å²) in [6, 6.07) is 13.8. The maximum atomic E-state index is 6.00. The minimum absolute atomic E-state index is 0.113. The van der Waals surface area contributed by atoms with Gasteiger partial charge in [-0.05, 0) is 43.7 Å². The Balaban J connectivity index is 2.27. The zero-order valence-electron chi connectivity index (χ0n) is 13.0. The number of ether oxygens (including phenoxy) is 2. The minimum Gasteiger partial charge on any atom is -0.353 e. The monoisotopic (exact) mass is 319 g/mol. The van der Waals surface area contributed by atoms with Gasteiger partial charge in [0.2, 0.25) is 0 Å². The predicted molar refractivity (Wildman–Crippen MR) is 89.2 cm³/mol. The molecule has 0 N–H and O–H groups in total. The van der Waals surface area contributed by atoms with E-state index in [0.717, 1.165) is 22.7 Å². The molecule has 22 heavy (non-hydrogen) atoms. The summed E-state index contributed by atoms with van der Waals surface area (Å²) in [6.45, 7) is 5.20. The first-order chi connectivity index (χ1) is 10.7. The summed E-state index contributed by atoms with van der Waals surface area (Å²) in [5.41, 5.74) is 2.17. The van der Waals surface area contributed by atoms with Gasteiger partial charge >= 0.3 is 0 Å². The average molecular weight is 320 g/mol. The van der Waals surface area contributed by atoms with Crippen molar-refractivity contribution in [2.24, 2.45) is 0 Å².